The summed E-state index contributed by atoms with van der Waals surface area (Å²) in [6, 6.07) is 0.166. The second kappa shape index (κ2) is 6.42. The summed E-state index contributed by atoms with van der Waals surface area (Å²) in [5, 5.41) is 13.4. The van der Waals surface area contributed by atoms with E-state index in [-0.39, 0.29) is 22.9 Å². The average Bonchev–Trinajstić information content (AvgIpc) is 2.92. The molecule has 1 aliphatic heterocycles. The Morgan fingerprint density at radius 3 is 2.54 bits per heavy atom. The Hall–Kier alpha value is -2.11. The number of nitrogens with zero attached hydrogens (tertiary/aromatic N) is 3. The fourth-order valence-corrected chi connectivity index (χ4v) is 4.04. The van der Waals surface area contributed by atoms with E-state index in [9.17, 15) is 9.59 Å². The third-order valence-corrected chi connectivity index (χ3v) is 5.67. The zero-order valence-corrected chi connectivity index (χ0v) is 14.2. The van der Waals surface area contributed by atoms with Crippen molar-refractivity contribution in [1.82, 2.24) is 14.7 Å². The quantitative estimate of drug-likeness (QED) is 0.842. The Labute approximate surface area is 142 Å². The van der Waals surface area contributed by atoms with E-state index >= 15 is 0 Å². The maximum absolute atomic E-state index is 12.9. The van der Waals surface area contributed by atoms with Gasteiger partial charge in [-0.2, -0.15) is 5.10 Å². The summed E-state index contributed by atoms with van der Waals surface area (Å²) in [6.07, 6.45) is 8.75. The number of aromatic nitrogens is 2. The van der Waals surface area contributed by atoms with Gasteiger partial charge in [-0.3, -0.25) is 9.48 Å². The van der Waals surface area contributed by atoms with Crippen molar-refractivity contribution >= 4 is 11.9 Å². The van der Waals surface area contributed by atoms with Crippen LogP contribution in [0.2, 0.25) is 0 Å². The van der Waals surface area contributed by atoms with Crippen LogP contribution in [0, 0.1) is 12.3 Å². The van der Waals surface area contributed by atoms with Gasteiger partial charge in [0.25, 0.3) is 0 Å². The van der Waals surface area contributed by atoms with Crippen molar-refractivity contribution in [1.29, 1.82) is 0 Å². The van der Waals surface area contributed by atoms with Crippen molar-refractivity contribution in [2.24, 2.45) is 5.41 Å². The highest BCUT2D eigenvalue weighted by molar-refractivity contribution is 5.88. The topological polar surface area (TPSA) is 75.4 Å². The van der Waals surface area contributed by atoms with Gasteiger partial charge in [-0.25, -0.2) is 4.79 Å². The molecule has 0 unspecified atom stereocenters. The Balaban J connectivity index is 1.65. The van der Waals surface area contributed by atoms with Crippen LogP contribution in [0.25, 0.3) is 0 Å². The number of carboxylic acids is 1. The number of piperidine rings is 1. The minimum absolute atomic E-state index is 0.166. The maximum Gasteiger partial charge on any atom is 0.339 e. The Morgan fingerprint density at radius 1 is 1.42 bits per heavy atom. The number of likely N-dealkylation sites (tertiary alicyclic amines) is 1. The summed E-state index contributed by atoms with van der Waals surface area (Å²) in [4.78, 5) is 26.0. The number of rotatable bonds is 5. The van der Waals surface area contributed by atoms with Crippen LogP contribution in [0.15, 0.2) is 18.9 Å². The summed E-state index contributed by atoms with van der Waals surface area (Å²) in [5.74, 6) is -0.668. The third kappa shape index (κ3) is 2.74. The van der Waals surface area contributed by atoms with Crippen molar-refractivity contribution in [2.75, 3.05) is 13.1 Å². The van der Waals surface area contributed by atoms with E-state index < -0.39 is 5.97 Å². The maximum atomic E-state index is 12.9. The molecule has 6 nitrogen and oxygen atoms in total. The first kappa shape index (κ1) is 16.7. The number of amides is 1. The molecule has 1 aromatic heterocycles. The molecule has 1 N–H and O–H groups in total. The van der Waals surface area contributed by atoms with Crippen LogP contribution >= 0.6 is 0 Å². The molecule has 1 saturated carbocycles. The average molecular weight is 331 g/mol. The van der Waals surface area contributed by atoms with Gasteiger partial charge >= 0.3 is 5.97 Å². The molecule has 0 radical (unpaired) electrons. The van der Waals surface area contributed by atoms with Crippen LogP contribution in [0.3, 0.4) is 0 Å². The first-order valence-electron chi connectivity index (χ1n) is 8.66. The predicted molar refractivity (Wildman–Crippen MR) is 89.9 cm³/mol. The fourth-order valence-electron chi connectivity index (χ4n) is 4.04. The molecule has 2 fully saturated rings. The number of hydrogen-bond acceptors (Lipinski definition) is 3. The summed E-state index contributed by atoms with van der Waals surface area (Å²) >= 11 is 0. The number of hydrogen-bond donors (Lipinski definition) is 1. The Morgan fingerprint density at radius 2 is 2.08 bits per heavy atom. The van der Waals surface area contributed by atoms with E-state index in [1.807, 2.05) is 15.7 Å². The van der Waals surface area contributed by atoms with Crippen LogP contribution in [0.5, 0.6) is 0 Å². The van der Waals surface area contributed by atoms with Crippen LogP contribution in [-0.4, -0.2) is 44.8 Å². The number of carbonyl (C=O) groups excluding carboxylic acids is 1. The highest BCUT2D eigenvalue weighted by Crippen LogP contribution is 2.46. The molecule has 6 heteroatoms. The second-order valence-electron chi connectivity index (χ2n) is 7.04. The van der Waals surface area contributed by atoms with Gasteiger partial charge in [0.15, 0.2) is 0 Å². The summed E-state index contributed by atoms with van der Waals surface area (Å²) in [6.45, 7) is 7.02. The molecule has 1 aromatic rings. The van der Waals surface area contributed by atoms with Crippen LogP contribution in [0.4, 0.5) is 0 Å². The molecule has 1 saturated heterocycles. The van der Waals surface area contributed by atoms with Gasteiger partial charge in [0.1, 0.15) is 5.56 Å². The van der Waals surface area contributed by atoms with Crippen molar-refractivity contribution < 1.29 is 14.7 Å². The molecule has 0 aromatic carbocycles. The molecular weight excluding hydrogens is 306 g/mol. The Kier molecular flexibility index (Phi) is 4.47. The number of aromatic carboxylic acids is 1. The van der Waals surface area contributed by atoms with Gasteiger partial charge in [0, 0.05) is 13.1 Å². The molecule has 1 amide bonds. The lowest BCUT2D eigenvalue weighted by atomic mass is 9.65. The highest BCUT2D eigenvalue weighted by atomic mass is 16.4. The summed E-state index contributed by atoms with van der Waals surface area (Å²) in [7, 11) is 0. The molecule has 0 spiro atoms. The highest BCUT2D eigenvalue weighted by Gasteiger charge is 2.45. The summed E-state index contributed by atoms with van der Waals surface area (Å²) < 4.78 is 1.81. The van der Waals surface area contributed by atoms with Gasteiger partial charge in [-0.1, -0.05) is 12.5 Å². The molecule has 1 aliphatic carbocycles. The Bertz CT molecular complexity index is 652. The number of carbonyl (C=O) groups is 2. The lowest BCUT2D eigenvalue weighted by Crippen LogP contribution is -2.50. The third-order valence-electron chi connectivity index (χ3n) is 5.67. The largest absolute Gasteiger partial charge is 0.478 e. The van der Waals surface area contributed by atoms with E-state index in [1.54, 1.807) is 6.92 Å². The van der Waals surface area contributed by atoms with Gasteiger partial charge in [-0.15, -0.1) is 6.58 Å². The van der Waals surface area contributed by atoms with Crippen molar-refractivity contribution in [3.05, 3.63) is 30.1 Å². The zero-order chi connectivity index (χ0) is 17.3. The number of allylic oxidation sites excluding steroid dienone is 1. The van der Waals surface area contributed by atoms with Crippen molar-refractivity contribution in [3.8, 4) is 0 Å². The fraction of sp³-hybridized carbons (Fsp3) is 0.611. The molecule has 2 aliphatic rings. The molecule has 130 valence electrons. The molecule has 0 bridgehead atoms. The second-order valence-corrected chi connectivity index (χ2v) is 7.04. The monoisotopic (exact) mass is 331 g/mol. The molecule has 3 rings (SSSR count). The van der Waals surface area contributed by atoms with Crippen molar-refractivity contribution in [3.63, 3.8) is 0 Å². The van der Waals surface area contributed by atoms with Crippen LogP contribution in [-0.2, 0) is 4.79 Å². The van der Waals surface area contributed by atoms with Gasteiger partial charge in [0.2, 0.25) is 5.91 Å². The van der Waals surface area contributed by atoms with Crippen LogP contribution in [0.1, 0.15) is 60.6 Å². The normalized spacial score (nSPS) is 20.5. The van der Waals surface area contributed by atoms with E-state index in [0.717, 1.165) is 38.5 Å². The zero-order valence-electron chi connectivity index (χ0n) is 14.2. The minimum atomic E-state index is -0.942. The van der Waals surface area contributed by atoms with Gasteiger partial charge < -0.3 is 10.0 Å². The van der Waals surface area contributed by atoms with Crippen LogP contribution < -0.4 is 0 Å². The van der Waals surface area contributed by atoms with Gasteiger partial charge in [-0.05, 0) is 39.0 Å². The molecule has 0 atom stereocenters. The first-order chi connectivity index (χ1) is 11.5. The first-order valence-corrected chi connectivity index (χ1v) is 8.66. The minimum Gasteiger partial charge on any atom is -0.478 e. The van der Waals surface area contributed by atoms with E-state index in [2.05, 4.69) is 11.7 Å². The lowest BCUT2D eigenvalue weighted by Gasteiger charge is -2.45. The predicted octanol–water partition coefficient (Wildman–Crippen LogP) is 2.80. The van der Waals surface area contributed by atoms with Gasteiger partial charge in [0.05, 0.1) is 23.3 Å². The molecular formula is C18H25N3O3. The number of carboxylic acid groups (broad SMARTS) is 1. The smallest absolute Gasteiger partial charge is 0.339 e. The standard InChI is InChI=1S/C18H25N3O3/c1-3-7-18(8-4-9-18)17(24)20-10-5-14(6-11-20)21-13(2)15(12-19-21)16(22)23/h3,12,14H,1,4-11H2,2H3,(H,22,23). The molecule has 2 heterocycles. The van der Waals surface area contributed by atoms with Crippen molar-refractivity contribution in [2.45, 2.75) is 51.5 Å². The van der Waals surface area contributed by atoms with E-state index in [0.29, 0.717) is 18.8 Å². The SMILES string of the molecule is C=CCC1(C(=O)N2CCC(n3ncc(C(=O)O)c3C)CC2)CCC1. The molecule has 24 heavy (non-hydrogen) atoms. The van der Waals surface area contributed by atoms with E-state index in [1.165, 1.54) is 6.20 Å². The summed E-state index contributed by atoms with van der Waals surface area (Å²) in [5.41, 5.74) is 0.745. The van der Waals surface area contributed by atoms with E-state index in [4.69, 9.17) is 5.11 Å². The lowest BCUT2D eigenvalue weighted by molar-refractivity contribution is -0.148.